The molecule has 24 heavy (non-hydrogen) atoms. The van der Waals surface area contributed by atoms with Crippen molar-refractivity contribution in [2.45, 2.75) is 0 Å². The maximum absolute atomic E-state index is 12.2. The summed E-state index contributed by atoms with van der Waals surface area (Å²) < 4.78 is 20.8. The van der Waals surface area contributed by atoms with Crippen LogP contribution in [0.25, 0.3) is 11.6 Å². The number of aromatic nitrogens is 1. The fourth-order valence-electron chi connectivity index (χ4n) is 2.25. The zero-order chi connectivity index (χ0) is 17.5. The lowest BCUT2D eigenvalue weighted by atomic mass is 10.0. The number of hydrogen-bond acceptors (Lipinski definition) is 6. The van der Waals surface area contributed by atoms with Crippen LogP contribution in [-0.2, 0) is 9.53 Å². The normalized spacial score (nSPS) is 10.9. The van der Waals surface area contributed by atoms with Gasteiger partial charge in [-0.05, 0) is 41.5 Å². The van der Waals surface area contributed by atoms with Crippen LogP contribution in [0.1, 0.15) is 11.1 Å². The number of ether oxygens (including phenoxy) is 4. The lowest BCUT2D eigenvalue weighted by Gasteiger charge is -2.13. The number of benzene rings is 1. The summed E-state index contributed by atoms with van der Waals surface area (Å²) in [6.07, 6.45) is 4.92. The Bertz CT molecular complexity index is 715. The second-order valence-corrected chi connectivity index (χ2v) is 4.74. The van der Waals surface area contributed by atoms with Gasteiger partial charge in [0.2, 0.25) is 5.75 Å². The SMILES string of the molecule is COC(=O)/C(=C/c1cc(OC)c(OC)c(OC)c1)c1ccncc1. The molecule has 0 aliphatic carbocycles. The molecule has 0 spiro atoms. The number of carbonyl (C=O) groups excluding carboxylic acids is 1. The van der Waals surface area contributed by atoms with E-state index in [1.54, 1.807) is 42.7 Å². The van der Waals surface area contributed by atoms with Crippen molar-refractivity contribution in [3.8, 4) is 17.2 Å². The minimum absolute atomic E-state index is 0.397. The van der Waals surface area contributed by atoms with Gasteiger partial charge in [0.05, 0.1) is 34.0 Å². The highest BCUT2D eigenvalue weighted by Crippen LogP contribution is 2.39. The van der Waals surface area contributed by atoms with Crippen LogP contribution in [0.15, 0.2) is 36.7 Å². The van der Waals surface area contributed by atoms with Gasteiger partial charge >= 0.3 is 5.97 Å². The van der Waals surface area contributed by atoms with Crippen molar-refractivity contribution in [3.05, 3.63) is 47.8 Å². The molecule has 0 N–H and O–H groups in total. The second kappa shape index (κ2) is 8.01. The number of pyridine rings is 1. The summed E-state index contributed by atoms with van der Waals surface area (Å²) >= 11 is 0. The fraction of sp³-hybridized carbons (Fsp3) is 0.222. The van der Waals surface area contributed by atoms with E-state index in [0.717, 1.165) is 0 Å². The molecule has 0 aliphatic heterocycles. The van der Waals surface area contributed by atoms with Crippen molar-refractivity contribution in [2.75, 3.05) is 28.4 Å². The van der Waals surface area contributed by atoms with Crippen molar-refractivity contribution in [1.29, 1.82) is 0 Å². The molecule has 0 saturated carbocycles. The Hall–Kier alpha value is -3.02. The van der Waals surface area contributed by atoms with Crippen LogP contribution in [0, 0.1) is 0 Å². The molecular weight excluding hydrogens is 310 g/mol. The van der Waals surface area contributed by atoms with E-state index in [0.29, 0.717) is 33.9 Å². The number of carbonyl (C=O) groups is 1. The third kappa shape index (κ3) is 3.65. The first-order valence-electron chi connectivity index (χ1n) is 7.15. The number of hydrogen-bond donors (Lipinski definition) is 0. The van der Waals surface area contributed by atoms with Gasteiger partial charge in [0, 0.05) is 12.4 Å². The summed E-state index contributed by atoms with van der Waals surface area (Å²) in [5.41, 5.74) is 1.81. The molecular formula is C18H19NO5. The van der Waals surface area contributed by atoms with Gasteiger partial charge in [-0.3, -0.25) is 4.98 Å². The number of rotatable bonds is 6. The molecule has 0 bridgehead atoms. The minimum Gasteiger partial charge on any atom is -0.493 e. The highest BCUT2D eigenvalue weighted by Gasteiger charge is 2.16. The molecule has 2 rings (SSSR count). The van der Waals surface area contributed by atoms with Gasteiger partial charge in [0.1, 0.15) is 0 Å². The zero-order valence-corrected chi connectivity index (χ0v) is 14.0. The van der Waals surface area contributed by atoms with E-state index in [4.69, 9.17) is 18.9 Å². The molecule has 0 saturated heterocycles. The van der Waals surface area contributed by atoms with E-state index in [1.165, 1.54) is 28.4 Å². The molecule has 0 amide bonds. The number of nitrogens with zero attached hydrogens (tertiary/aromatic N) is 1. The predicted molar refractivity (Wildman–Crippen MR) is 90.2 cm³/mol. The first-order chi connectivity index (χ1) is 11.6. The highest BCUT2D eigenvalue weighted by molar-refractivity contribution is 6.21. The summed E-state index contributed by atoms with van der Waals surface area (Å²) in [5, 5.41) is 0. The molecule has 6 nitrogen and oxygen atoms in total. The van der Waals surface area contributed by atoms with E-state index < -0.39 is 5.97 Å². The van der Waals surface area contributed by atoms with Gasteiger partial charge in [-0.2, -0.15) is 0 Å². The molecule has 1 heterocycles. The Kier molecular flexibility index (Phi) is 5.78. The van der Waals surface area contributed by atoms with E-state index in [1.807, 2.05) is 0 Å². The van der Waals surface area contributed by atoms with Crippen LogP contribution >= 0.6 is 0 Å². The maximum atomic E-state index is 12.2. The molecule has 0 aliphatic rings. The smallest absolute Gasteiger partial charge is 0.338 e. The van der Waals surface area contributed by atoms with Gasteiger partial charge in [-0.1, -0.05) is 0 Å². The summed E-state index contributed by atoms with van der Waals surface area (Å²) in [5.74, 6) is 1.04. The van der Waals surface area contributed by atoms with Crippen LogP contribution in [0.3, 0.4) is 0 Å². The Morgan fingerprint density at radius 3 is 2.00 bits per heavy atom. The Labute approximate surface area is 140 Å². The molecule has 0 atom stereocenters. The van der Waals surface area contributed by atoms with Crippen LogP contribution in [0.2, 0.25) is 0 Å². The summed E-state index contributed by atoms with van der Waals surface area (Å²) in [7, 11) is 5.95. The summed E-state index contributed by atoms with van der Waals surface area (Å²) in [4.78, 5) is 16.1. The first kappa shape index (κ1) is 17.3. The van der Waals surface area contributed by atoms with E-state index in [2.05, 4.69) is 4.98 Å². The van der Waals surface area contributed by atoms with E-state index >= 15 is 0 Å². The molecule has 126 valence electrons. The molecule has 1 aromatic heterocycles. The second-order valence-electron chi connectivity index (χ2n) is 4.74. The van der Waals surface area contributed by atoms with E-state index in [-0.39, 0.29) is 0 Å². The Morgan fingerprint density at radius 2 is 1.54 bits per heavy atom. The topological polar surface area (TPSA) is 66.9 Å². The third-order valence-corrected chi connectivity index (χ3v) is 3.39. The van der Waals surface area contributed by atoms with Crippen molar-refractivity contribution in [2.24, 2.45) is 0 Å². The molecule has 1 aromatic carbocycles. The molecule has 6 heteroatoms. The molecule has 2 aromatic rings. The van der Waals surface area contributed by atoms with Gasteiger partial charge < -0.3 is 18.9 Å². The van der Waals surface area contributed by atoms with Gasteiger partial charge in [0.15, 0.2) is 11.5 Å². The van der Waals surface area contributed by atoms with Gasteiger partial charge in [0.25, 0.3) is 0 Å². The Balaban J connectivity index is 2.59. The minimum atomic E-state index is -0.449. The Morgan fingerprint density at radius 1 is 0.958 bits per heavy atom. The lowest BCUT2D eigenvalue weighted by molar-refractivity contribution is -0.133. The van der Waals surface area contributed by atoms with Crippen LogP contribution < -0.4 is 14.2 Å². The molecule has 0 fully saturated rings. The van der Waals surface area contributed by atoms with E-state index in [9.17, 15) is 4.79 Å². The standard InChI is InChI=1S/C18H19NO5/c1-21-15-10-12(11-16(22-2)17(15)23-3)9-14(18(20)24-4)13-5-7-19-8-6-13/h5-11H,1-4H3/b14-9+. The highest BCUT2D eigenvalue weighted by atomic mass is 16.5. The van der Waals surface area contributed by atoms with Crippen molar-refractivity contribution >= 4 is 17.6 Å². The van der Waals surface area contributed by atoms with Crippen molar-refractivity contribution in [1.82, 2.24) is 4.98 Å². The largest absolute Gasteiger partial charge is 0.493 e. The van der Waals surface area contributed by atoms with Crippen molar-refractivity contribution in [3.63, 3.8) is 0 Å². The third-order valence-electron chi connectivity index (χ3n) is 3.39. The molecule has 0 unspecified atom stereocenters. The number of methoxy groups -OCH3 is 4. The number of esters is 1. The average molecular weight is 329 g/mol. The van der Waals surface area contributed by atoms with Crippen LogP contribution in [-0.4, -0.2) is 39.4 Å². The first-order valence-corrected chi connectivity index (χ1v) is 7.15. The summed E-state index contributed by atoms with van der Waals surface area (Å²) in [6.45, 7) is 0. The fourth-order valence-corrected chi connectivity index (χ4v) is 2.25. The van der Waals surface area contributed by atoms with Crippen LogP contribution in [0.4, 0.5) is 0 Å². The monoisotopic (exact) mass is 329 g/mol. The maximum Gasteiger partial charge on any atom is 0.338 e. The van der Waals surface area contributed by atoms with Crippen LogP contribution in [0.5, 0.6) is 17.2 Å². The zero-order valence-electron chi connectivity index (χ0n) is 14.0. The lowest BCUT2D eigenvalue weighted by Crippen LogP contribution is -2.04. The predicted octanol–water partition coefficient (Wildman–Crippen LogP) is 2.82. The van der Waals surface area contributed by atoms with Gasteiger partial charge in [-0.15, -0.1) is 0 Å². The average Bonchev–Trinajstić information content (AvgIpc) is 2.65. The molecule has 0 radical (unpaired) electrons. The summed E-state index contributed by atoms with van der Waals surface area (Å²) in [6, 6.07) is 6.98. The quantitative estimate of drug-likeness (QED) is 0.600. The van der Waals surface area contributed by atoms with Gasteiger partial charge in [-0.25, -0.2) is 4.79 Å². The van der Waals surface area contributed by atoms with Crippen molar-refractivity contribution < 1.29 is 23.7 Å².